The molecule has 1 N–H and O–H groups in total. The van der Waals surface area contributed by atoms with E-state index in [4.69, 9.17) is 0 Å². The second-order valence-corrected chi connectivity index (χ2v) is 8.03. The van der Waals surface area contributed by atoms with E-state index in [1.807, 2.05) is 72.8 Å². The molecule has 1 atom stereocenters. The van der Waals surface area contributed by atoms with Crippen LogP contribution in [0.5, 0.6) is 0 Å². The van der Waals surface area contributed by atoms with E-state index in [2.05, 4.69) is 29.3 Å². The largest absolute Gasteiger partial charge is 0.352 e. The number of nitrogens with one attached hydrogen (secondary N) is 1. The van der Waals surface area contributed by atoms with Crippen molar-refractivity contribution in [1.29, 1.82) is 0 Å². The van der Waals surface area contributed by atoms with Gasteiger partial charge in [-0.1, -0.05) is 66.6 Å². The van der Waals surface area contributed by atoms with Gasteiger partial charge in [-0.25, -0.2) is 0 Å². The Kier molecular flexibility index (Phi) is 6.99. The van der Waals surface area contributed by atoms with Crippen LogP contribution in [-0.4, -0.2) is 36.3 Å². The van der Waals surface area contributed by atoms with Gasteiger partial charge in [-0.15, -0.1) is 0 Å². The Labute approximate surface area is 189 Å². The molecular formula is C28H26N2O2. The topological polar surface area (TPSA) is 49.4 Å². The van der Waals surface area contributed by atoms with E-state index >= 15 is 0 Å². The highest BCUT2D eigenvalue weighted by Gasteiger charge is 2.23. The molecule has 4 rings (SSSR count). The van der Waals surface area contributed by atoms with Gasteiger partial charge in [-0.3, -0.25) is 9.59 Å². The first-order valence-corrected chi connectivity index (χ1v) is 11.0. The molecule has 0 radical (unpaired) electrons. The molecule has 0 saturated carbocycles. The van der Waals surface area contributed by atoms with Crippen LogP contribution in [0.1, 0.15) is 28.8 Å². The molecule has 0 aromatic heterocycles. The molecular weight excluding hydrogens is 396 g/mol. The zero-order chi connectivity index (χ0) is 22.2. The second-order valence-electron chi connectivity index (χ2n) is 8.03. The van der Waals surface area contributed by atoms with Crippen LogP contribution >= 0.6 is 0 Å². The standard InChI is InChI=1S/C28H26N2O2/c31-27(18-13-22-8-3-1-4-9-22)30-19-7-10-23(21-30)20-29-28(32)26-16-14-25(15-17-26)24-11-5-2-6-12-24/h1-6,8-9,11-12,14-17,23H,7,10,19-21H2,(H,29,32). The minimum atomic E-state index is -0.151. The maximum Gasteiger partial charge on any atom is 0.298 e. The van der Waals surface area contributed by atoms with E-state index in [9.17, 15) is 9.59 Å². The van der Waals surface area contributed by atoms with Gasteiger partial charge in [0.15, 0.2) is 0 Å². The quantitative estimate of drug-likeness (QED) is 0.635. The average Bonchev–Trinajstić information content (AvgIpc) is 2.87. The molecule has 1 fully saturated rings. The number of carbonyl (C=O) groups excluding carboxylic acids is 2. The Morgan fingerprint density at radius 2 is 1.53 bits per heavy atom. The minimum absolute atomic E-state index is 0.0862. The monoisotopic (exact) mass is 422 g/mol. The number of hydrogen-bond acceptors (Lipinski definition) is 2. The van der Waals surface area contributed by atoms with Gasteiger partial charge in [0, 0.05) is 36.7 Å². The van der Waals surface area contributed by atoms with Gasteiger partial charge in [0.05, 0.1) is 0 Å². The number of carbonyl (C=O) groups is 2. The van der Waals surface area contributed by atoms with Crippen LogP contribution in [0.2, 0.25) is 0 Å². The molecule has 32 heavy (non-hydrogen) atoms. The number of likely N-dealkylation sites (tertiary alicyclic amines) is 1. The summed E-state index contributed by atoms with van der Waals surface area (Å²) in [6, 6.07) is 27.3. The molecule has 160 valence electrons. The first-order valence-electron chi connectivity index (χ1n) is 11.0. The lowest BCUT2D eigenvalue weighted by atomic mass is 9.97. The van der Waals surface area contributed by atoms with Crippen LogP contribution in [-0.2, 0) is 4.79 Å². The Morgan fingerprint density at radius 1 is 0.875 bits per heavy atom. The summed E-state index contributed by atoms with van der Waals surface area (Å²) in [4.78, 5) is 26.9. The third-order valence-electron chi connectivity index (χ3n) is 5.70. The number of benzene rings is 3. The van der Waals surface area contributed by atoms with Crippen LogP contribution in [0.25, 0.3) is 11.1 Å². The summed E-state index contributed by atoms with van der Waals surface area (Å²) in [6.45, 7) is 1.89. The summed E-state index contributed by atoms with van der Waals surface area (Å²) in [5, 5.41) is 3.03. The molecule has 4 heteroatoms. The third kappa shape index (κ3) is 5.65. The van der Waals surface area contributed by atoms with E-state index in [1.165, 1.54) is 0 Å². The van der Waals surface area contributed by atoms with Gasteiger partial charge in [0.1, 0.15) is 0 Å². The Bertz CT molecular complexity index is 1110. The normalized spacial score (nSPS) is 15.4. The van der Waals surface area contributed by atoms with Gasteiger partial charge in [-0.2, -0.15) is 0 Å². The molecule has 1 heterocycles. The van der Waals surface area contributed by atoms with Crippen LogP contribution < -0.4 is 5.32 Å². The van der Waals surface area contributed by atoms with Crippen molar-refractivity contribution < 1.29 is 9.59 Å². The molecule has 3 aromatic carbocycles. The van der Waals surface area contributed by atoms with Crippen molar-refractivity contribution in [3.63, 3.8) is 0 Å². The predicted octanol–water partition coefficient (Wildman–Crippen LogP) is 4.37. The minimum Gasteiger partial charge on any atom is -0.352 e. The summed E-state index contributed by atoms with van der Waals surface area (Å²) in [5.74, 6) is 5.68. The number of rotatable bonds is 4. The van der Waals surface area contributed by atoms with E-state index in [0.717, 1.165) is 29.5 Å². The van der Waals surface area contributed by atoms with Gasteiger partial charge in [-0.05, 0) is 54.2 Å². The lowest BCUT2D eigenvalue weighted by Gasteiger charge is -2.31. The Balaban J connectivity index is 1.29. The Hall–Kier alpha value is -3.84. The van der Waals surface area contributed by atoms with Crippen LogP contribution in [0.3, 0.4) is 0 Å². The molecule has 1 saturated heterocycles. The number of nitrogens with zero attached hydrogens (tertiary/aromatic N) is 1. The fourth-order valence-corrected chi connectivity index (χ4v) is 3.93. The van der Waals surface area contributed by atoms with Crippen LogP contribution in [0, 0.1) is 17.8 Å². The van der Waals surface area contributed by atoms with Crippen molar-refractivity contribution in [3.05, 3.63) is 96.1 Å². The zero-order valence-corrected chi connectivity index (χ0v) is 18.0. The van der Waals surface area contributed by atoms with E-state index in [-0.39, 0.29) is 17.7 Å². The maximum atomic E-state index is 12.6. The van der Waals surface area contributed by atoms with Crippen molar-refractivity contribution in [2.75, 3.05) is 19.6 Å². The maximum absolute atomic E-state index is 12.6. The smallest absolute Gasteiger partial charge is 0.298 e. The van der Waals surface area contributed by atoms with Crippen molar-refractivity contribution in [2.45, 2.75) is 12.8 Å². The van der Waals surface area contributed by atoms with E-state index in [0.29, 0.717) is 25.2 Å². The van der Waals surface area contributed by atoms with Crippen LogP contribution in [0.4, 0.5) is 0 Å². The summed E-state index contributed by atoms with van der Waals surface area (Å²) in [6.07, 6.45) is 1.91. The summed E-state index contributed by atoms with van der Waals surface area (Å²) in [5.41, 5.74) is 3.68. The highest BCUT2D eigenvalue weighted by atomic mass is 16.2. The molecule has 2 amide bonds. The molecule has 0 bridgehead atoms. The first kappa shape index (κ1) is 21.4. The molecule has 1 aliphatic rings. The fraction of sp³-hybridized carbons (Fsp3) is 0.214. The molecule has 1 aliphatic heterocycles. The summed E-state index contributed by atoms with van der Waals surface area (Å²) in [7, 11) is 0. The SMILES string of the molecule is O=C(NCC1CCCN(C(=O)C#Cc2ccccc2)C1)c1ccc(-c2ccccc2)cc1. The van der Waals surface area contributed by atoms with Gasteiger partial charge in [0.25, 0.3) is 11.8 Å². The highest BCUT2D eigenvalue weighted by molar-refractivity contribution is 5.95. The van der Waals surface area contributed by atoms with Crippen molar-refractivity contribution in [2.24, 2.45) is 5.92 Å². The fourth-order valence-electron chi connectivity index (χ4n) is 3.93. The van der Waals surface area contributed by atoms with Crippen LogP contribution in [0.15, 0.2) is 84.9 Å². The lowest BCUT2D eigenvalue weighted by Crippen LogP contribution is -2.43. The predicted molar refractivity (Wildman–Crippen MR) is 127 cm³/mol. The summed E-state index contributed by atoms with van der Waals surface area (Å²) >= 11 is 0. The number of piperidine rings is 1. The van der Waals surface area contributed by atoms with Gasteiger partial charge >= 0.3 is 0 Å². The Morgan fingerprint density at radius 3 is 2.25 bits per heavy atom. The number of amides is 2. The average molecular weight is 423 g/mol. The zero-order valence-electron chi connectivity index (χ0n) is 18.0. The van der Waals surface area contributed by atoms with Gasteiger partial charge < -0.3 is 10.2 Å². The highest BCUT2D eigenvalue weighted by Crippen LogP contribution is 2.20. The summed E-state index contributed by atoms with van der Waals surface area (Å²) < 4.78 is 0. The second kappa shape index (κ2) is 10.5. The third-order valence-corrected chi connectivity index (χ3v) is 5.70. The van der Waals surface area contributed by atoms with E-state index < -0.39 is 0 Å². The van der Waals surface area contributed by atoms with E-state index in [1.54, 1.807) is 4.90 Å². The van der Waals surface area contributed by atoms with Crippen molar-refractivity contribution in [3.8, 4) is 23.0 Å². The molecule has 3 aromatic rings. The molecule has 0 aliphatic carbocycles. The van der Waals surface area contributed by atoms with Crippen molar-refractivity contribution >= 4 is 11.8 Å². The lowest BCUT2D eigenvalue weighted by molar-refractivity contribution is -0.126. The first-order chi connectivity index (χ1) is 15.7. The van der Waals surface area contributed by atoms with Gasteiger partial charge in [0.2, 0.25) is 0 Å². The molecule has 4 nitrogen and oxygen atoms in total. The molecule has 1 unspecified atom stereocenters. The molecule has 0 spiro atoms. The number of hydrogen-bond donors (Lipinski definition) is 1. The van der Waals surface area contributed by atoms with Crippen molar-refractivity contribution in [1.82, 2.24) is 10.2 Å².